The smallest absolute Gasteiger partial charge is 0.108 e. The van der Waals surface area contributed by atoms with Crippen molar-refractivity contribution >= 4 is 0 Å². The third kappa shape index (κ3) is 2.36. The molecule has 3 nitrogen and oxygen atoms in total. The second-order valence-electron chi connectivity index (χ2n) is 5.10. The van der Waals surface area contributed by atoms with Gasteiger partial charge >= 0.3 is 0 Å². The van der Waals surface area contributed by atoms with Crippen LogP contribution in [0.25, 0.3) is 0 Å². The van der Waals surface area contributed by atoms with Crippen molar-refractivity contribution < 1.29 is 8.83 Å². The highest BCUT2D eigenvalue weighted by molar-refractivity contribution is 5.24. The summed E-state index contributed by atoms with van der Waals surface area (Å²) in [6, 6.07) is 6.91. The summed E-state index contributed by atoms with van der Waals surface area (Å²) in [4.78, 5) is 0. The van der Waals surface area contributed by atoms with Gasteiger partial charge in [0.25, 0.3) is 0 Å². The topological polar surface area (TPSA) is 38.3 Å². The van der Waals surface area contributed by atoms with E-state index in [2.05, 4.69) is 18.3 Å². The molecular weight excluding hydrogens is 226 g/mol. The molecule has 0 bridgehead atoms. The van der Waals surface area contributed by atoms with Crippen molar-refractivity contribution in [2.75, 3.05) is 0 Å². The third-order valence-electron chi connectivity index (χ3n) is 3.63. The van der Waals surface area contributed by atoms with Gasteiger partial charge in [-0.2, -0.15) is 0 Å². The minimum absolute atomic E-state index is 0.405. The van der Waals surface area contributed by atoms with Crippen molar-refractivity contribution in [2.24, 2.45) is 0 Å². The molecule has 2 heterocycles. The van der Waals surface area contributed by atoms with Crippen LogP contribution in [-0.2, 0) is 12.8 Å². The Morgan fingerprint density at radius 3 is 3.11 bits per heavy atom. The summed E-state index contributed by atoms with van der Waals surface area (Å²) in [5.74, 6) is 2.20. The summed E-state index contributed by atoms with van der Waals surface area (Å²) in [5, 5.41) is 3.68. The molecule has 0 fully saturated rings. The van der Waals surface area contributed by atoms with Gasteiger partial charge in [0.15, 0.2) is 0 Å². The van der Waals surface area contributed by atoms with Crippen molar-refractivity contribution in [1.29, 1.82) is 0 Å². The highest BCUT2D eigenvalue weighted by Gasteiger charge is 2.23. The summed E-state index contributed by atoms with van der Waals surface area (Å²) in [6.07, 6.45) is 7.93. The minimum Gasteiger partial charge on any atom is -0.469 e. The molecule has 3 rings (SSSR count). The van der Waals surface area contributed by atoms with Crippen molar-refractivity contribution in [3.05, 3.63) is 47.8 Å². The van der Waals surface area contributed by atoms with E-state index in [1.54, 1.807) is 6.26 Å². The fourth-order valence-corrected chi connectivity index (χ4v) is 2.79. The lowest BCUT2D eigenvalue weighted by molar-refractivity contribution is 0.368. The number of rotatable bonds is 4. The van der Waals surface area contributed by atoms with Crippen LogP contribution in [0.3, 0.4) is 0 Å². The third-order valence-corrected chi connectivity index (χ3v) is 3.63. The summed E-state index contributed by atoms with van der Waals surface area (Å²) < 4.78 is 10.9. The number of furan rings is 2. The lowest BCUT2D eigenvalue weighted by Gasteiger charge is -2.26. The van der Waals surface area contributed by atoms with Gasteiger partial charge < -0.3 is 14.2 Å². The van der Waals surface area contributed by atoms with Crippen molar-refractivity contribution in [1.82, 2.24) is 5.32 Å². The van der Waals surface area contributed by atoms with Crippen LogP contribution in [-0.4, -0.2) is 6.04 Å². The Morgan fingerprint density at radius 2 is 2.28 bits per heavy atom. The Bertz CT molecular complexity index is 486. The first-order chi connectivity index (χ1) is 8.83. The van der Waals surface area contributed by atoms with E-state index in [0.29, 0.717) is 12.1 Å². The van der Waals surface area contributed by atoms with Crippen LogP contribution >= 0.6 is 0 Å². The van der Waals surface area contributed by atoms with E-state index in [1.807, 2.05) is 18.4 Å². The fraction of sp³-hybridized carbons (Fsp3) is 0.467. The van der Waals surface area contributed by atoms with E-state index in [-0.39, 0.29) is 0 Å². The highest BCUT2D eigenvalue weighted by Crippen LogP contribution is 2.30. The molecule has 1 N–H and O–H groups in total. The highest BCUT2D eigenvalue weighted by atomic mass is 16.3. The molecular formula is C15H19NO2. The Balaban J connectivity index is 1.64. The standard InChI is InChI=1S/C15H19NO2/c1-11(10-12-4-3-8-17-12)16-14-5-2-6-15-13(14)7-9-18-15/h3-4,7-9,11,14,16H,2,5-6,10H2,1H3. The Kier molecular flexibility index (Phi) is 3.24. The molecule has 18 heavy (non-hydrogen) atoms. The van der Waals surface area contributed by atoms with Gasteiger partial charge in [0, 0.05) is 30.5 Å². The minimum atomic E-state index is 0.405. The van der Waals surface area contributed by atoms with Gasteiger partial charge in [-0.25, -0.2) is 0 Å². The number of fused-ring (bicyclic) bond motifs is 1. The van der Waals surface area contributed by atoms with Crippen LogP contribution in [0.2, 0.25) is 0 Å². The molecule has 0 aromatic carbocycles. The normalized spacial score (nSPS) is 20.6. The molecule has 1 aliphatic rings. The van der Waals surface area contributed by atoms with E-state index in [4.69, 9.17) is 8.83 Å². The molecule has 0 spiro atoms. The van der Waals surface area contributed by atoms with Crippen molar-refractivity contribution in [2.45, 2.75) is 44.7 Å². The fourth-order valence-electron chi connectivity index (χ4n) is 2.79. The second-order valence-corrected chi connectivity index (χ2v) is 5.10. The van der Waals surface area contributed by atoms with Gasteiger partial charge in [0.2, 0.25) is 0 Å². The first-order valence-electron chi connectivity index (χ1n) is 6.67. The summed E-state index contributed by atoms with van der Waals surface area (Å²) in [6.45, 7) is 2.21. The van der Waals surface area contributed by atoms with Gasteiger partial charge in [-0.3, -0.25) is 0 Å². The average Bonchev–Trinajstić information content (AvgIpc) is 2.99. The molecule has 1 aliphatic carbocycles. The quantitative estimate of drug-likeness (QED) is 0.896. The van der Waals surface area contributed by atoms with Crippen LogP contribution in [0.15, 0.2) is 39.6 Å². The van der Waals surface area contributed by atoms with Gasteiger partial charge in [-0.15, -0.1) is 0 Å². The van der Waals surface area contributed by atoms with Crippen molar-refractivity contribution in [3.63, 3.8) is 0 Å². The van der Waals surface area contributed by atoms with Gasteiger partial charge in [-0.05, 0) is 38.0 Å². The Labute approximate surface area is 107 Å². The van der Waals surface area contributed by atoms with E-state index in [9.17, 15) is 0 Å². The summed E-state index contributed by atoms with van der Waals surface area (Å²) in [7, 11) is 0. The molecule has 2 aromatic heterocycles. The molecule has 0 aliphatic heterocycles. The summed E-state index contributed by atoms with van der Waals surface area (Å²) in [5.41, 5.74) is 1.34. The second kappa shape index (κ2) is 5.02. The molecule has 3 heteroatoms. The number of aryl methyl sites for hydroxylation is 1. The first kappa shape index (κ1) is 11.6. The van der Waals surface area contributed by atoms with E-state index in [1.165, 1.54) is 18.4 Å². The van der Waals surface area contributed by atoms with Gasteiger partial charge in [-0.1, -0.05) is 0 Å². The molecule has 2 atom stereocenters. The monoisotopic (exact) mass is 245 g/mol. The Morgan fingerprint density at radius 1 is 1.33 bits per heavy atom. The summed E-state index contributed by atoms with van der Waals surface area (Å²) >= 11 is 0. The molecule has 0 amide bonds. The lowest BCUT2D eigenvalue weighted by Crippen LogP contribution is -2.33. The number of hydrogen-bond acceptors (Lipinski definition) is 3. The molecule has 2 unspecified atom stereocenters. The average molecular weight is 245 g/mol. The van der Waals surface area contributed by atoms with Crippen LogP contribution in [0.1, 0.15) is 42.9 Å². The van der Waals surface area contributed by atoms with Gasteiger partial charge in [0.05, 0.1) is 12.5 Å². The number of hydrogen-bond donors (Lipinski definition) is 1. The molecule has 96 valence electrons. The van der Waals surface area contributed by atoms with E-state index in [0.717, 1.165) is 24.4 Å². The molecule has 0 radical (unpaired) electrons. The van der Waals surface area contributed by atoms with Crippen LogP contribution < -0.4 is 5.32 Å². The first-order valence-corrected chi connectivity index (χ1v) is 6.67. The molecule has 0 saturated carbocycles. The molecule has 0 saturated heterocycles. The maximum absolute atomic E-state index is 5.52. The Hall–Kier alpha value is -1.48. The van der Waals surface area contributed by atoms with Crippen LogP contribution in [0.4, 0.5) is 0 Å². The largest absolute Gasteiger partial charge is 0.469 e. The zero-order valence-electron chi connectivity index (χ0n) is 10.7. The zero-order valence-corrected chi connectivity index (χ0v) is 10.7. The van der Waals surface area contributed by atoms with Crippen LogP contribution in [0, 0.1) is 0 Å². The predicted molar refractivity (Wildman–Crippen MR) is 69.4 cm³/mol. The maximum Gasteiger partial charge on any atom is 0.108 e. The SMILES string of the molecule is CC(Cc1ccco1)NC1CCCc2occc21. The van der Waals surface area contributed by atoms with Crippen molar-refractivity contribution in [3.8, 4) is 0 Å². The van der Waals surface area contributed by atoms with Gasteiger partial charge in [0.1, 0.15) is 11.5 Å². The van der Waals surface area contributed by atoms with E-state index < -0.39 is 0 Å². The predicted octanol–water partition coefficient (Wildman–Crippen LogP) is 3.47. The van der Waals surface area contributed by atoms with Crippen LogP contribution in [0.5, 0.6) is 0 Å². The zero-order chi connectivity index (χ0) is 12.4. The molecule has 2 aromatic rings. The van der Waals surface area contributed by atoms with E-state index >= 15 is 0 Å². The maximum atomic E-state index is 5.52. The number of nitrogens with one attached hydrogen (secondary N) is 1. The lowest BCUT2D eigenvalue weighted by atomic mass is 9.92.